The van der Waals surface area contributed by atoms with E-state index in [2.05, 4.69) is 48.5 Å². The molecule has 0 heterocycles. The minimum Gasteiger partial charge on any atom is -0.153 e. The molecular formula is C12H16BP. The first-order chi connectivity index (χ1) is 5.97. The van der Waals surface area contributed by atoms with E-state index in [0.717, 1.165) is 0 Å². The van der Waals surface area contributed by atoms with E-state index in [4.69, 9.17) is 0 Å². The highest BCUT2D eigenvalue weighted by molar-refractivity contribution is 6.92. The molecule has 1 atom stereocenters. The van der Waals surface area contributed by atoms with E-state index in [-0.39, 0.29) is 18.3 Å². The van der Waals surface area contributed by atoms with Crippen molar-refractivity contribution < 1.29 is 0 Å². The Bertz CT molecular complexity index is 308. The molecule has 2 aromatic carbocycles. The van der Waals surface area contributed by atoms with Gasteiger partial charge in [0.15, 0.2) is 0 Å². The number of hydrogen-bond acceptors (Lipinski definition) is 0. The van der Waals surface area contributed by atoms with E-state index in [1.54, 1.807) is 0 Å². The third kappa shape index (κ3) is 3.01. The van der Waals surface area contributed by atoms with Crippen LogP contribution in [0.25, 0.3) is 11.1 Å². The molecule has 0 nitrogen and oxygen atoms in total. The van der Waals surface area contributed by atoms with Gasteiger partial charge in [-0.2, -0.15) is 9.90 Å². The molecule has 0 aromatic heterocycles. The summed E-state index contributed by atoms with van der Waals surface area (Å²) in [6.45, 7) is 0. The summed E-state index contributed by atoms with van der Waals surface area (Å²) in [6.07, 6.45) is 0. The molecule has 0 saturated carbocycles. The maximum Gasteiger partial charge on any atom is 0.0814 e. The average Bonchev–Trinajstić information content (AvgIpc) is 2.21. The van der Waals surface area contributed by atoms with Crippen LogP contribution in [0.15, 0.2) is 60.7 Å². The predicted octanol–water partition coefficient (Wildman–Crippen LogP) is 2.23. The molecule has 0 amide bonds. The first-order valence-corrected chi connectivity index (χ1v) is 4.07. The Hall–Kier alpha value is -1.07. The van der Waals surface area contributed by atoms with E-state index in [9.17, 15) is 0 Å². The van der Waals surface area contributed by atoms with Crippen LogP contribution in [0, 0.1) is 0 Å². The second-order valence-corrected chi connectivity index (χ2v) is 2.73. The Balaban J connectivity index is 0.000000845. The van der Waals surface area contributed by atoms with Crippen LogP contribution in [0.1, 0.15) is 0 Å². The van der Waals surface area contributed by atoms with Crippen molar-refractivity contribution in [1.82, 2.24) is 0 Å². The normalized spacial score (nSPS) is 8.29. The standard InChI is InChI=1S/C12H10.BH3.H3P/c1-3-7-11(8-4-1)12-9-5-2-6-10-12;;/h1-10H;2*1H3. The molecule has 1 unspecified atom stereocenters. The highest BCUT2D eigenvalue weighted by Gasteiger charge is 1.91. The lowest BCUT2D eigenvalue weighted by molar-refractivity contribution is 1.62. The van der Waals surface area contributed by atoms with Gasteiger partial charge < -0.3 is 0 Å². The Kier molecular flexibility index (Phi) is 5.91. The van der Waals surface area contributed by atoms with Gasteiger partial charge in [0.05, 0.1) is 8.41 Å². The van der Waals surface area contributed by atoms with Crippen LogP contribution >= 0.6 is 9.90 Å². The van der Waals surface area contributed by atoms with Crippen LogP contribution in [0.3, 0.4) is 0 Å². The number of hydrogen-bond donors (Lipinski definition) is 0. The fourth-order valence-corrected chi connectivity index (χ4v) is 1.26. The molecule has 2 rings (SSSR count). The Morgan fingerprint density at radius 3 is 1.07 bits per heavy atom. The molecule has 2 aromatic rings. The van der Waals surface area contributed by atoms with Crippen LogP contribution in [-0.4, -0.2) is 8.41 Å². The van der Waals surface area contributed by atoms with Crippen LogP contribution in [0.2, 0.25) is 0 Å². The zero-order chi connectivity index (χ0) is 8.23. The average molecular weight is 202 g/mol. The second kappa shape index (κ2) is 6.40. The van der Waals surface area contributed by atoms with Crippen LogP contribution in [0.4, 0.5) is 0 Å². The van der Waals surface area contributed by atoms with Gasteiger partial charge in [-0.05, 0) is 11.1 Å². The number of rotatable bonds is 1. The zero-order valence-electron chi connectivity index (χ0n) is 7.48. The molecule has 72 valence electrons. The summed E-state index contributed by atoms with van der Waals surface area (Å²) in [6, 6.07) is 20.8. The first kappa shape index (κ1) is 12.9. The third-order valence-corrected chi connectivity index (χ3v) is 1.88. The molecule has 2 heteroatoms. The van der Waals surface area contributed by atoms with Gasteiger partial charge in [-0.1, -0.05) is 60.7 Å². The van der Waals surface area contributed by atoms with Gasteiger partial charge in [0.1, 0.15) is 0 Å². The summed E-state index contributed by atoms with van der Waals surface area (Å²) in [5.74, 6) is 0. The topological polar surface area (TPSA) is 0 Å². The van der Waals surface area contributed by atoms with E-state index >= 15 is 0 Å². The largest absolute Gasteiger partial charge is 0.153 e. The fourth-order valence-electron chi connectivity index (χ4n) is 1.26. The minimum absolute atomic E-state index is 0. The van der Waals surface area contributed by atoms with Gasteiger partial charge >= 0.3 is 0 Å². The lowest BCUT2D eigenvalue weighted by Crippen LogP contribution is -1.73. The Morgan fingerprint density at radius 1 is 0.500 bits per heavy atom. The van der Waals surface area contributed by atoms with Gasteiger partial charge in [0.2, 0.25) is 0 Å². The van der Waals surface area contributed by atoms with Gasteiger partial charge in [-0.25, -0.2) is 0 Å². The lowest BCUT2D eigenvalue weighted by atomic mass is 10.1. The van der Waals surface area contributed by atoms with Crippen LogP contribution in [0.5, 0.6) is 0 Å². The van der Waals surface area contributed by atoms with E-state index in [1.807, 2.05) is 12.1 Å². The molecule has 0 saturated heterocycles. The highest BCUT2D eigenvalue weighted by atomic mass is 31.0. The molecule has 14 heavy (non-hydrogen) atoms. The van der Waals surface area contributed by atoms with Crippen molar-refractivity contribution in [3.05, 3.63) is 60.7 Å². The summed E-state index contributed by atoms with van der Waals surface area (Å²) < 4.78 is 0. The maximum atomic E-state index is 2.12. The van der Waals surface area contributed by atoms with Crippen molar-refractivity contribution in [2.75, 3.05) is 0 Å². The molecule has 0 N–H and O–H groups in total. The van der Waals surface area contributed by atoms with Gasteiger partial charge in [-0.15, -0.1) is 0 Å². The first-order valence-electron chi connectivity index (χ1n) is 4.07. The summed E-state index contributed by atoms with van der Waals surface area (Å²) in [7, 11) is 0. The summed E-state index contributed by atoms with van der Waals surface area (Å²) in [4.78, 5) is 0. The van der Waals surface area contributed by atoms with Crippen molar-refractivity contribution in [1.29, 1.82) is 0 Å². The lowest BCUT2D eigenvalue weighted by Gasteiger charge is -1.98. The molecule has 0 bridgehead atoms. The van der Waals surface area contributed by atoms with E-state index in [0.29, 0.717) is 0 Å². The SMILES string of the molecule is B.P.c1ccc(-c2ccccc2)cc1. The summed E-state index contributed by atoms with van der Waals surface area (Å²) in [5, 5.41) is 0. The van der Waals surface area contributed by atoms with Crippen molar-refractivity contribution in [2.24, 2.45) is 0 Å². The smallest absolute Gasteiger partial charge is 0.0814 e. The number of benzene rings is 2. The Labute approximate surface area is 90.6 Å². The molecule has 0 aliphatic carbocycles. The molecule has 0 spiro atoms. The Morgan fingerprint density at radius 2 is 0.786 bits per heavy atom. The maximum absolute atomic E-state index is 2.12. The minimum atomic E-state index is 0. The zero-order valence-corrected chi connectivity index (χ0v) is 8.89. The quantitative estimate of drug-likeness (QED) is 0.491. The summed E-state index contributed by atoms with van der Waals surface area (Å²) >= 11 is 0. The highest BCUT2D eigenvalue weighted by Crippen LogP contribution is 2.17. The van der Waals surface area contributed by atoms with Crippen molar-refractivity contribution in [3.8, 4) is 11.1 Å². The van der Waals surface area contributed by atoms with Crippen molar-refractivity contribution >= 4 is 18.3 Å². The second-order valence-electron chi connectivity index (χ2n) is 2.73. The predicted molar refractivity (Wildman–Crippen MR) is 72.9 cm³/mol. The molecular weight excluding hydrogens is 186 g/mol. The van der Waals surface area contributed by atoms with Crippen LogP contribution in [-0.2, 0) is 0 Å². The molecule has 0 radical (unpaired) electrons. The van der Waals surface area contributed by atoms with E-state index < -0.39 is 0 Å². The molecule has 0 aliphatic rings. The molecule has 0 fully saturated rings. The van der Waals surface area contributed by atoms with Crippen molar-refractivity contribution in [2.45, 2.75) is 0 Å². The van der Waals surface area contributed by atoms with Gasteiger partial charge in [0, 0.05) is 0 Å². The van der Waals surface area contributed by atoms with Gasteiger partial charge in [-0.3, -0.25) is 0 Å². The monoisotopic (exact) mass is 202 g/mol. The van der Waals surface area contributed by atoms with Crippen molar-refractivity contribution in [3.63, 3.8) is 0 Å². The summed E-state index contributed by atoms with van der Waals surface area (Å²) in [5.41, 5.74) is 2.55. The fraction of sp³-hybridized carbons (Fsp3) is 0. The van der Waals surface area contributed by atoms with E-state index in [1.165, 1.54) is 11.1 Å². The van der Waals surface area contributed by atoms with Gasteiger partial charge in [0.25, 0.3) is 0 Å². The third-order valence-electron chi connectivity index (χ3n) is 1.88. The molecule has 0 aliphatic heterocycles. The van der Waals surface area contributed by atoms with Crippen LogP contribution < -0.4 is 0 Å².